The number of carbonyl (C=O) groups is 1. The molecule has 7 heteroatoms. The highest BCUT2D eigenvalue weighted by atomic mass is 35.5. The van der Waals surface area contributed by atoms with E-state index in [1.165, 1.54) is 0 Å². The fraction of sp³-hybridized carbons (Fsp3) is 0.611. The quantitative estimate of drug-likeness (QED) is 0.779. The van der Waals surface area contributed by atoms with Crippen LogP contribution in [0.3, 0.4) is 0 Å². The van der Waals surface area contributed by atoms with Crippen LogP contribution in [0.1, 0.15) is 6.42 Å². The predicted octanol–water partition coefficient (Wildman–Crippen LogP) is 2.39. The van der Waals surface area contributed by atoms with Crippen LogP contribution in [0.25, 0.3) is 0 Å². The highest BCUT2D eigenvalue weighted by molar-refractivity contribution is 7.99. The van der Waals surface area contributed by atoms with Crippen molar-refractivity contribution in [2.45, 2.75) is 12.5 Å². The van der Waals surface area contributed by atoms with Crippen LogP contribution in [-0.2, 0) is 9.53 Å². The summed E-state index contributed by atoms with van der Waals surface area (Å²) in [4.78, 5) is 17.2. The molecule has 2 aliphatic rings. The first-order valence-electron chi connectivity index (χ1n) is 8.78. The zero-order valence-corrected chi connectivity index (χ0v) is 15.9. The molecule has 1 aromatic carbocycles. The molecule has 25 heavy (non-hydrogen) atoms. The summed E-state index contributed by atoms with van der Waals surface area (Å²) in [6.45, 7) is 5.27. The molecule has 0 radical (unpaired) electrons. The van der Waals surface area contributed by atoms with Crippen LogP contribution in [-0.4, -0.2) is 79.3 Å². The summed E-state index contributed by atoms with van der Waals surface area (Å²) >= 11 is 7.82. The molecule has 0 bridgehead atoms. The zero-order valence-electron chi connectivity index (χ0n) is 14.4. The van der Waals surface area contributed by atoms with Crippen LogP contribution in [0.4, 0.5) is 0 Å². The van der Waals surface area contributed by atoms with Crippen molar-refractivity contribution in [3.8, 4) is 5.75 Å². The molecule has 2 saturated heterocycles. The highest BCUT2D eigenvalue weighted by Crippen LogP contribution is 2.19. The number of nitrogens with zero attached hydrogens (tertiary/aromatic N) is 2. The van der Waals surface area contributed by atoms with Gasteiger partial charge in [-0.25, -0.2) is 0 Å². The molecular weight excluding hydrogens is 360 g/mol. The summed E-state index contributed by atoms with van der Waals surface area (Å²) in [6, 6.07) is 7.36. The Balaban J connectivity index is 1.57. The van der Waals surface area contributed by atoms with Crippen molar-refractivity contribution in [3.63, 3.8) is 0 Å². The molecule has 138 valence electrons. The Morgan fingerprint density at radius 3 is 2.76 bits per heavy atom. The third-order valence-electron chi connectivity index (χ3n) is 4.51. The van der Waals surface area contributed by atoms with Gasteiger partial charge < -0.3 is 14.4 Å². The number of hydrogen-bond acceptors (Lipinski definition) is 5. The van der Waals surface area contributed by atoms with Crippen LogP contribution in [0.5, 0.6) is 5.75 Å². The number of benzene rings is 1. The van der Waals surface area contributed by atoms with E-state index in [0.717, 1.165) is 57.3 Å². The maximum absolute atomic E-state index is 12.8. The Bertz CT molecular complexity index is 552. The van der Waals surface area contributed by atoms with E-state index in [-0.39, 0.29) is 18.6 Å². The van der Waals surface area contributed by atoms with Gasteiger partial charge in [-0.2, -0.15) is 11.8 Å². The molecule has 1 unspecified atom stereocenters. The standard InChI is InChI=1S/C18H25ClN2O3S/c19-15-2-4-17(5-3-15)24-13-18(22)21-6-1-11-25-14-16(21)12-20-7-9-23-10-8-20/h2-5,16H,1,6-14H2. The lowest BCUT2D eigenvalue weighted by Crippen LogP contribution is -2.51. The summed E-state index contributed by atoms with van der Waals surface area (Å²) in [5, 5.41) is 0.661. The van der Waals surface area contributed by atoms with Gasteiger partial charge in [0.1, 0.15) is 5.75 Å². The lowest BCUT2D eigenvalue weighted by molar-refractivity contribution is -0.135. The molecule has 0 saturated carbocycles. The van der Waals surface area contributed by atoms with Gasteiger partial charge in [-0.1, -0.05) is 11.6 Å². The second kappa shape index (κ2) is 9.67. The van der Waals surface area contributed by atoms with E-state index in [2.05, 4.69) is 4.90 Å². The molecule has 0 aromatic heterocycles. The second-order valence-corrected chi connectivity index (χ2v) is 7.91. The van der Waals surface area contributed by atoms with E-state index < -0.39 is 0 Å². The third-order valence-corrected chi connectivity index (χ3v) is 5.96. The van der Waals surface area contributed by atoms with Crippen molar-refractivity contribution in [1.82, 2.24) is 9.80 Å². The molecule has 1 aromatic rings. The summed E-state index contributed by atoms with van der Waals surface area (Å²) in [6.07, 6.45) is 1.04. The van der Waals surface area contributed by atoms with E-state index in [9.17, 15) is 4.79 Å². The maximum Gasteiger partial charge on any atom is 0.260 e. The number of thioether (sulfide) groups is 1. The van der Waals surface area contributed by atoms with Gasteiger partial charge in [-0.15, -0.1) is 0 Å². The molecular formula is C18H25ClN2O3S. The predicted molar refractivity (Wildman–Crippen MR) is 102 cm³/mol. The molecule has 3 rings (SSSR count). The van der Waals surface area contributed by atoms with Crippen LogP contribution in [0, 0.1) is 0 Å². The number of rotatable bonds is 5. The SMILES string of the molecule is O=C(COc1ccc(Cl)cc1)N1CCCSCC1CN1CCOCC1. The molecule has 1 atom stereocenters. The van der Waals surface area contributed by atoms with E-state index in [1.807, 2.05) is 16.7 Å². The number of hydrogen-bond donors (Lipinski definition) is 0. The van der Waals surface area contributed by atoms with Gasteiger partial charge in [0.05, 0.1) is 19.3 Å². The Kier molecular flexibility index (Phi) is 7.28. The minimum Gasteiger partial charge on any atom is -0.484 e. The first-order valence-corrected chi connectivity index (χ1v) is 10.3. The molecule has 0 N–H and O–H groups in total. The van der Waals surface area contributed by atoms with Gasteiger partial charge >= 0.3 is 0 Å². The van der Waals surface area contributed by atoms with Crippen molar-refractivity contribution in [2.75, 3.05) is 57.5 Å². The molecule has 0 spiro atoms. The lowest BCUT2D eigenvalue weighted by atomic mass is 10.2. The summed E-state index contributed by atoms with van der Waals surface area (Å²) in [7, 11) is 0. The van der Waals surface area contributed by atoms with E-state index in [1.54, 1.807) is 24.3 Å². The second-order valence-electron chi connectivity index (χ2n) is 6.33. The average Bonchev–Trinajstić information content (AvgIpc) is 2.87. The normalized spacial score (nSPS) is 22.4. The lowest BCUT2D eigenvalue weighted by Gasteiger charge is -2.35. The molecule has 2 aliphatic heterocycles. The molecule has 0 aliphatic carbocycles. The minimum absolute atomic E-state index is 0.0655. The number of carbonyl (C=O) groups excluding carboxylic acids is 1. The van der Waals surface area contributed by atoms with Crippen LogP contribution < -0.4 is 4.74 Å². The van der Waals surface area contributed by atoms with Gasteiger partial charge in [0.25, 0.3) is 5.91 Å². The van der Waals surface area contributed by atoms with Crippen molar-refractivity contribution < 1.29 is 14.3 Å². The maximum atomic E-state index is 12.8. The molecule has 2 fully saturated rings. The summed E-state index contributed by atoms with van der Waals surface area (Å²) in [5.74, 6) is 2.84. The number of ether oxygens (including phenoxy) is 2. The van der Waals surface area contributed by atoms with Crippen molar-refractivity contribution in [1.29, 1.82) is 0 Å². The fourth-order valence-electron chi connectivity index (χ4n) is 3.15. The van der Waals surface area contributed by atoms with Gasteiger partial charge in [-0.05, 0) is 36.4 Å². The van der Waals surface area contributed by atoms with Crippen LogP contribution >= 0.6 is 23.4 Å². The largest absolute Gasteiger partial charge is 0.484 e. The van der Waals surface area contributed by atoms with Gasteiger partial charge in [0, 0.05) is 37.0 Å². The van der Waals surface area contributed by atoms with Crippen molar-refractivity contribution in [2.24, 2.45) is 0 Å². The van der Waals surface area contributed by atoms with Crippen molar-refractivity contribution >= 4 is 29.3 Å². The molecule has 5 nitrogen and oxygen atoms in total. The molecule has 2 heterocycles. The van der Waals surface area contributed by atoms with E-state index in [0.29, 0.717) is 10.8 Å². The molecule has 1 amide bonds. The Morgan fingerprint density at radius 2 is 2.00 bits per heavy atom. The van der Waals surface area contributed by atoms with Crippen LogP contribution in [0.15, 0.2) is 24.3 Å². The first kappa shape index (κ1) is 18.8. The number of morpholine rings is 1. The summed E-state index contributed by atoms with van der Waals surface area (Å²) in [5.41, 5.74) is 0. The van der Waals surface area contributed by atoms with Gasteiger partial charge in [0.2, 0.25) is 0 Å². The first-order chi connectivity index (χ1) is 12.2. The van der Waals surface area contributed by atoms with E-state index in [4.69, 9.17) is 21.1 Å². The van der Waals surface area contributed by atoms with E-state index >= 15 is 0 Å². The van der Waals surface area contributed by atoms with Crippen LogP contribution in [0.2, 0.25) is 5.02 Å². The number of halogens is 1. The van der Waals surface area contributed by atoms with Gasteiger partial charge in [0.15, 0.2) is 6.61 Å². The van der Waals surface area contributed by atoms with Crippen molar-refractivity contribution in [3.05, 3.63) is 29.3 Å². The smallest absolute Gasteiger partial charge is 0.260 e. The monoisotopic (exact) mass is 384 g/mol. The Labute approximate surface area is 158 Å². The Hall–Kier alpha value is -0.950. The summed E-state index contributed by atoms with van der Waals surface area (Å²) < 4.78 is 11.1. The number of amides is 1. The minimum atomic E-state index is 0.0655. The zero-order chi connectivity index (χ0) is 17.5. The fourth-order valence-corrected chi connectivity index (χ4v) is 4.33. The average molecular weight is 385 g/mol. The van der Waals surface area contributed by atoms with Gasteiger partial charge in [-0.3, -0.25) is 9.69 Å². The third kappa shape index (κ3) is 5.78. The highest BCUT2D eigenvalue weighted by Gasteiger charge is 2.28. The topological polar surface area (TPSA) is 42.0 Å². The Morgan fingerprint density at radius 1 is 1.24 bits per heavy atom.